The number of hydrogen-bond donors (Lipinski definition) is 4. The van der Waals surface area contributed by atoms with Crippen molar-refractivity contribution in [1.29, 1.82) is 0 Å². The van der Waals surface area contributed by atoms with Crippen molar-refractivity contribution >= 4 is 11.9 Å². The van der Waals surface area contributed by atoms with Gasteiger partial charge in [0.25, 0.3) is 0 Å². The summed E-state index contributed by atoms with van der Waals surface area (Å²) in [4.78, 5) is 24.3. The molecule has 8 heteroatoms. The van der Waals surface area contributed by atoms with Crippen LogP contribution in [0, 0.1) is 5.92 Å². The summed E-state index contributed by atoms with van der Waals surface area (Å²) in [6.07, 6.45) is 32.6. The first-order chi connectivity index (χ1) is 24.2. The van der Waals surface area contributed by atoms with Crippen molar-refractivity contribution in [2.75, 3.05) is 13.2 Å². The summed E-state index contributed by atoms with van der Waals surface area (Å²) in [5, 5.41) is 39.7. The molecule has 0 aromatic carbocycles. The topological polar surface area (TPSA) is 134 Å². The van der Waals surface area contributed by atoms with Crippen LogP contribution in [0.5, 0.6) is 0 Å². The van der Waals surface area contributed by atoms with Gasteiger partial charge >= 0.3 is 11.9 Å². The van der Waals surface area contributed by atoms with E-state index in [-0.39, 0.29) is 31.8 Å². The summed E-state index contributed by atoms with van der Waals surface area (Å²) in [6, 6.07) is 0. The zero-order valence-electron chi connectivity index (χ0n) is 31.9. The van der Waals surface area contributed by atoms with E-state index in [1.54, 1.807) is 36.5 Å². The Labute approximate surface area is 305 Å². The van der Waals surface area contributed by atoms with E-state index in [2.05, 4.69) is 20.8 Å². The predicted molar refractivity (Wildman–Crippen MR) is 205 cm³/mol. The SMILES string of the molecule is CCCCC[C@H](O)/C=C/C=C\C=C\C=C\[C@H](O)[C@@H](O)CCCC(=O)O[C@@H](CO)COC(=O)CCCCCCCCCCCCCCCC(C)C. The van der Waals surface area contributed by atoms with Gasteiger partial charge in [0, 0.05) is 12.8 Å². The normalized spacial score (nSPS) is 14.7. The van der Waals surface area contributed by atoms with Crippen LogP contribution in [0.4, 0.5) is 0 Å². The number of rotatable bonds is 34. The molecule has 0 aromatic rings. The molecule has 0 fully saturated rings. The van der Waals surface area contributed by atoms with Crippen molar-refractivity contribution in [2.24, 2.45) is 5.92 Å². The van der Waals surface area contributed by atoms with Crippen LogP contribution in [0.1, 0.15) is 162 Å². The van der Waals surface area contributed by atoms with Crippen LogP contribution in [0.2, 0.25) is 0 Å². The number of aliphatic hydroxyl groups excluding tert-OH is 4. The minimum absolute atomic E-state index is 0.00201. The van der Waals surface area contributed by atoms with E-state index in [0.29, 0.717) is 6.42 Å². The Balaban J connectivity index is 3.90. The monoisotopic (exact) mass is 707 g/mol. The molecule has 0 aliphatic heterocycles. The fourth-order valence-electron chi connectivity index (χ4n) is 5.47. The van der Waals surface area contributed by atoms with Crippen molar-refractivity contribution in [3.05, 3.63) is 48.6 Å². The fraction of sp³-hybridized carbons (Fsp3) is 0.762. The van der Waals surface area contributed by atoms with E-state index in [9.17, 15) is 30.0 Å². The smallest absolute Gasteiger partial charge is 0.306 e. The summed E-state index contributed by atoms with van der Waals surface area (Å²) >= 11 is 0. The van der Waals surface area contributed by atoms with Crippen molar-refractivity contribution in [2.45, 2.75) is 186 Å². The second kappa shape index (κ2) is 35.2. The lowest BCUT2D eigenvalue weighted by atomic mass is 10.0. The summed E-state index contributed by atoms with van der Waals surface area (Å²) in [5.74, 6) is -0.0926. The van der Waals surface area contributed by atoms with Gasteiger partial charge in [-0.3, -0.25) is 9.59 Å². The summed E-state index contributed by atoms with van der Waals surface area (Å²) < 4.78 is 10.4. The number of esters is 2. The molecule has 8 nitrogen and oxygen atoms in total. The first kappa shape index (κ1) is 47.7. The quantitative estimate of drug-likeness (QED) is 0.0296. The largest absolute Gasteiger partial charge is 0.462 e. The second-order valence-corrected chi connectivity index (χ2v) is 14.1. The van der Waals surface area contributed by atoms with Gasteiger partial charge in [0.1, 0.15) is 6.61 Å². The third-order valence-electron chi connectivity index (χ3n) is 8.67. The van der Waals surface area contributed by atoms with E-state index in [1.807, 2.05) is 6.08 Å². The van der Waals surface area contributed by atoms with Crippen molar-refractivity contribution in [3.8, 4) is 0 Å². The molecule has 50 heavy (non-hydrogen) atoms. The molecule has 290 valence electrons. The molecule has 0 rings (SSSR count). The molecule has 4 N–H and O–H groups in total. The first-order valence-corrected chi connectivity index (χ1v) is 19.9. The van der Waals surface area contributed by atoms with Crippen LogP contribution in [0.15, 0.2) is 48.6 Å². The van der Waals surface area contributed by atoms with Gasteiger partial charge in [-0.15, -0.1) is 0 Å². The van der Waals surface area contributed by atoms with E-state index in [0.717, 1.165) is 50.9 Å². The van der Waals surface area contributed by atoms with Crippen molar-refractivity contribution in [3.63, 3.8) is 0 Å². The van der Waals surface area contributed by atoms with Crippen LogP contribution in [0.3, 0.4) is 0 Å². The summed E-state index contributed by atoms with van der Waals surface area (Å²) in [6.45, 7) is 6.08. The molecular weight excluding hydrogens is 632 g/mol. The van der Waals surface area contributed by atoms with Gasteiger partial charge in [0.05, 0.1) is 24.9 Å². The highest BCUT2D eigenvalue weighted by atomic mass is 16.6. The Hall–Kier alpha value is -2.26. The molecule has 0 aliphatic rings. The maximum atomic E-state index is 12.2. The molecule has 0 aromatic heterocycles. The van der Waals surface area contributed by atoms with Gasteiger partial charge < -0.3 is 29.9 Å². The minimum Gasteiger partial charge on any atom is -0.462 e. The summed E-state index contributed by atoms with van der Waals surface area (Å²) in [7, 11) is 0. The molecular formula is C42H74O8. The number of aliphatic hydroxyl groups is 4. The van der Waals surface area contributed by atoms with Crippen molar-refractivity contribution < 1.29 is 39.5 Å². The lowest BCUT2D eigenvalue weighted by Crippen LogP contribution is -2.29. The Morgan fingerprint density at radius 3 is 1.64 bits per heavy atom. The van der Waals surface area contributed by atoms with Crippen LogP contribution in [0.25, 0.3) is 0 Å². The molecule has 0 spiro atoms. The number of hydrogen-bond acceptors (Lipinski definition) is 8. The van der Waals surface area contributed by atoms with Crippen LogP contribution >= 0.6 is 0 Å². The Bertz CT molecular complexity index is 909. The van der Waals surface area contributed by atoms with Crippen LogP contribution < -0.4 is 0 Å². The highest BCUT2D eigenvalue weighted by Crippen LogP contribution is 2.15. The first-order valence-electron chi connectivity index (χ1n) is 19.9. The highest BCUT2D eigenvalue weighted by Gasteiger charge is 2.18. The van der Waals surface area contributed by atoms with E-state index < -0.39 is 37.0 Å². The van der Waals surface area contributed by atoms with E-state index >= 15 is 0 Å². The van der Waals surface area contributed by atoms with Crippen LogP contribution in [-0.4, -0.2) is 70.0 Å². The van der Waals surface area contributed by atoms with Gasteiger partial charge in [0.2, 0.25) is 0 Å². The van der Waals surface area contributed by atoms with E-state index in [4.69, 9.17) is 9.47 Å². The molecule has 0 amide bonds. The van der Waals surface area contributed by atoms with Gasteiger partial charge in [0.15, 0.2) is 6.10 Å². The average Bonchev–Trinajstić information content (AvgIpc) is 3.09. The molecule has 0 saturated carbocycles. The summed E-state index contributed by atoms with van der Waals surface area (Å²) in [5.41, 5.74) is 0. The molecule has 0 aliphatic carbocycles. The lowest BCUT2D eigenvalue weighted by molar-refractivity contribution is -0.161. The Morgan fingerprint density at radius 2 is 1.08 bits per heavy atom. The maximum Gasteiger partial charge on any atom is 0.306 e. The number of carbonyl (C=O) groups excluding carboxylic acids is 2. The maximum absolute atomic E-state index is 12.2. The fourth-order valence-corrected chi connectivity index (χ4v) is 5.47. The molecule has 0 saturated heterocycles. The Morgan fingerprint density at radius 1 is 0.580 bits per heavy atom. The second-order valence-electron chi connectivity index (χ2n) is 14.1. The highest BCUT2D eigenvalue weighted by molar-refractivity contribution is 5.70. The standard InChI is InChI=1S/C42H74O8/c1-4-5-21-28-37(44)29-23-18-15-16-19-24-30-39(45)40(46)31-26-33-42(48)50-38(34-43)35-49-41(47)32-25-20-14-12-10-8-6-7-9-11-13-17-22-27-36(2)3/h15-16,18-19,23-24,29-30,36-40,43-46H,4-14,17,20-22,25-28,31-35H2,1-3H3/b18-15-,19-16+,29-23+,30-24+/t37-,38-,39-,40-/m0/s1. The van der Waals surface area contributed by atoms with Gasteiger partial charge in [-0.05, 0) is 31.6 Å². The lowest BCUT2D eigenvalue weighted by Gasteiger charge is -2.17. The minimum atomic E-state index is -1.09. The molecule has 0 unspecified atom stereocenters. The molecule has 4 atom stereocenters. The van der Waals surface area contributed by atoms with Gasteiger partial charge in [-0.25, -0.2) is 0 Å². The van der Waals surface area contributed by atoms with Gasteiger partial charge in [-0.2, -0.15) is 0 Å². The molecule has 0 heterocycles. The third kappa shape index (κ3) is 32.9. The number of carbonyl (C=O) groups is 2. The van der Waals surface area contributed by atoms with Gasteiger partial charge in [-0.1, -0.05) is 172 Å². The van der Waals surface area contributed by atoms with Crippen LogP contribution in [-0.2, 0) is 19.1 Å². The average molecular weight is 707 g/mol. The molecule has 0 bridgehead atoms. The molecule has 0 radical (unpaired) electrons. The zero-order valence-corrected chi connectivity index (χ0v) is 31.9. The number of ether oxygens (including phenoxy) is 2. The number of unbranched alkanes of at least 4 members (excludes halogenated alkanes) is 14. The van der Waals surface area contributed by atoms with E-state index in [1.165, 1.54) is 76.7 Å². The van der Waals surface area contributed by atoms with Crippen molar-refractivity contribution in [1.82, 2.24) is 0 Å². The Kier molecular flexibility index (Phi) is 33.6. The zero-order chi connectivity index (χ0) is 37.1. The third-order valence-corrected chi connectivity index (χ3v) is 8.67. The number of allylic oxidation sites excluding steroid dienone is 6. The predicted octanol–water partition coefficient (Wildman–Crippen LogP) is 9.00.